The largest absolute Gasteiger partial charge is 0.281 e. The van der Waals surface area contributed by atoms with Crippen molar-refractivity contribution in [3.05, 3.63) is 12.2 Å². The highest BCUT2D eigenvalue weighted by molar-refractivity contribution is 6.64. The van der Waals surface area contributed by atoms with Gasteiger partial charge in [-0.15, -0.1) is 0 Å². The number of carbonyl (C=O) groups excluding carboxylic acids is 1. The maximum absolute atomic E-state index is 10.8. The number of hydrogen-bond donors (Lipinski definition) is 0. The fraction of sp³-hybridized carbons (Fsp3) is 0.556. The van der Waals surface area contributed by atoms with Crippen molar-refractivity contribution in [2.24, 2.45) is 17.3 Å². The Hall–Kier alpha value is -0.810. The lowest BCUT2D eigenvalue weighted by molar-refractivity contribution is -0.113. The summed E-state index contributed by atoms with van der Waals surface area (Å²) in [6.07, 6.45) is 3.16. The Bertz CT molecular complexity index is 275. The molecule has 0 aromatic carbocycles. The normalized spacial score (nSPS) is 31.5. The van der Waals surface area contributed by atoms with Crippen LogP contribution in [0, 0.1) is 28.6 Å². The van der Waals surface area contributed by atoms with Gasteiger partial charge in [0.1, 0.15) is 0 Å². The first-order valence-electron chi connectivity index (χ1n) is 3.77. The summed E-state index contributed by atoms with van der Waals surface area (Å²) in [5.41, 5.74) is -0.0633. The molecule has 2 nitrogen and oxygen atoms in total. The molecule has 2 unspecified atom stereocenters. The van der Waals surface area contributed by atoms with E-state index in [9.17, 15) is 4.79 Å². The van der Waals surface area contributed by atoms with Gasteiger partial charge in [0.15, 0.2) is 0 Å². The molecule has 1 saturated carbocycles. The second kappa shape index (κ2) is 2.91. The van der Waals surface area contributed by atoms with Crippen molar-refractivity contribution in [3.8, 4) is 6.07 Å². The molecule has 0 spiro atoms. The quantitative estimate of drug-likeness (QED) is 0.486. The van der Waals surface area contributed by atoms with Gasteiger partial charge in [-0.3, -0.25) is 4.79 Å². The third-order valence-corrected chi connectivity index (χ3v) is 2.77. The van der Waals surface area contributed by atoms with E-state index < -0.39 is 0 Å². The van der Waals surface area contributed by atoms with Crippen molar-refractivity contribution >= 4 is 16.8 Å². The number of nitriles is 1. The highest BCUT2D eigenvalue weighted by atomic mass is 35.5. The summed E-state index contributed by atoms with van der Waals surface area (Å²) >= 11 is 5.38. The zero-order valence-corrected chi connectivity index (χ0v) is 7.80. The summed E-state index contributed by atoms with van der Waals surface area (Å²) in [5, 5.41) is 7.98. The SMILES string of the molecule is CC1(C)C(/C=C\C#N)C1C(=O)Cl. The van der Waals surface area contributed by atoms with Crippen molar-refractivity contribution < 1.29 is 4.79 Å². The summed E-state index contributed by atoms with van der Waals surface area (Å²) in [7, 11) is 0. The molecule has 0 heterocycles. The molecule has 0 aliphatic heterocycles. The van der Waals surface area contributed by atoms with Gasteiger partial charge in [0.05, 0.1) is 6.07 Å². The van der Waals surface area contributed by atoms with E-state index in [-0.39, 0.29) is 22.5 Å². The Morgan fingerprint density at radius 2 is 2.25 bits per heavy atom. The van der Waals surface area contributed by atoms with E-state index in [1.165, 1.54) is 6.08 Å². The lowest BCUT2D eigenvalue weighted by Crippen LogP contribution is -1.96. The van der Waals surface area contributed by atoms with Crippen LogP contribution in [0.1, 0.15) is 13.8 Å². The molecule has 12 heavy (non-hydrogen) atoms. The smallest absolute Gasteiger partial charge is 0.225 e. The van der Waals surface area contributed by atoms with Crippen molar-refractivity contribution in [1.82, 2.24) is 0 Å². The molecule has 1 aliphatic rings. The zero-order valence-electron chi connectivity index (χ0n) is 7.04. The minimum absolute atomic E-state index is 0.0633. The standard InChI is InChI=1S/C9H10ClNO/c1-9(2)6(4-3-5-11)7(9)8(10)12/h3-4,6-7H,1-2H3/b4-3-. The molecule has 1 rings (SSSR count). The fourth-order valence-corrected chi connectivity index (χ4v) is 2.03. The lowest BCUT2D eigenvalue weighted by atomic mass is 10.1. The highest BCUT2D eigenvalue weighted by Crippen LogP contribution is 2.59. The minimum Gasteiger partial charge on any atom is -0.281 e. The summed E-state index contributed by atoms with van der Waals surface area (Å²) in [4.78, 5) is 10.8. The monoisotopic (exact) mass is 183 g/mol. The van der Waals surface area contributed by atoms with Crippen molar-refractivity contribution in [1.29, 1.82) is 5.26 Å². The molecule has 0 aromatic rings. The van der Waals surface area contributed by atoms with Gasteiger partial charge in [-0.25, -0.2) is 0 Å². The fourth-order valence-electron chi connectivity index (χ4n) is 1.62. The minimum atomic E-state index is -0.299. The van der Waals surface area contributed by atoms with E-state index in [4.69, 9.17) is 16.9 Å². The molecule has 64 valence electrons. The van der Waals surface area contributed by atoms with Gasteiger partial charge in [-0.2, -0.15) is 5.26 Å². The molecule has 3 heteroatoms. The van der Waals surface area contributed by atoms with Gasteiger partial charge < -0.3 is 0 Å². The van der Waals surface area contributed by atoms with E-state index in [0.29, 0.717) is 0 Å². The molecule has 0 aromatic heterocycles. The van der Waals surface area contributed by atoms with Crippen LogP contribution >= 0.6 is 11.6 Å². The van der Waals surface area contributed by atoms with Crippen molar-refractivity contribution in [3.63, 3.8) is 0 Å². The number of carbonyl (C=O) groups is 1. The first-order chi connectivity index (χ1) is 5.51. The first kappa shape index (κ1) is 9.28. The van der Waals surface area contributed by atoms with Gasteiger partial charge in [-0.1, -0.05) is 19.9 Å². The van der Waals surface area contributed by atoms with Crippen LogP contribution in [0.2, 0.25) is 0 Å². The van der Waals surface area contributed by atoms with Gasteiger partial charge in [0.25, 0.3) is 0 Å². The average molecular weight is 184 g/mol. The second-order valence-electron chi connectivity index (χ2n) is 3.62. The molecule has 1 fully saturated rings. The van der Waals surface area contributed by atoms with Gasteiger partial charge in [0.2, 0.25) is 5.24 Å². The van der Waals surface area contributed by atoms with Gasteiger partial charge >= 0.3 is 0 Å². The molecular formula is C9H10ClNO. The van der Waals surface area contributed by atoms with Crippen LogP contribution in [0.4, 0.5) is 0 Å². The Morgan fingerprint density at radius 1 is 1.67 bits per heavy atom. The van der Waals surface area contributed by atoms with E-state index in [1.807, 2.05) is 19.9 Å². The summed E-state index contributed by atoms with van der Waals surface area (Å²) in [6.45, 7) is 3.95. The van der Waals surface area contributed by atoms with E-state index in [0.717, 1.165) is 0 Å². The second-order valence-corrected chi connectivity index (χ2v) is 3.99. The number of halogens is 1. The molecule has 1 aliphatic carbocycles. The summed E-state index contributed by atoms with van der Waals surface area (Å²) < 4.78 is 0. The third kappa shape index (κ3) is 1.37. The molecule has 0 bridgehead atoms. The molecule has 0 N–H and O–H groups in total. The summed E-state index contributed by atoms with van der Waals surface area (Å²) in [5.74, 6) is 0.0333. The number of hydrogen-bond acceptors (Lipinski definition) is 2. The summed E-state index contributed by atoms with van der Waals surface area (Å²) in [6, 6.07) is 1.90. The Kier molecular flexibility index (Phi) is 2.25. The third-order valence-electron chi connectivity index (χ3n) is 2.53. The van der Waals surface area contributed by atoms with E-state index >= 15 is 0 Å². The van der Waals surface area contributed by atoms with Crippen LogP contribution in [0.3, 0.4) is 0 Å². The van der Waals surface area contributed by atoms with Crippen LogP contribution in [0.5, 0.6) is 0 Å². The molecule has 2 atom stereocenters. The molecule has 0 amide bonds. The predicted molar refractivity (Wildman–Crippen MR) is 46.4 cm³/mol. The maximum Gasteiger partial charge on any atom is 0.225 e. The van der Waals surface area contributed by atoms with Crippen LogP contribution in [0.15, 0.2) is 12.2 Å². The van der Waals surface area contributed by atoms with E-state index in [1.54, 1.807) is 6.08 Å². The van der Waals surface area contributed by atoms with Crippen LogP contribution < -0.4 is 0 Å². The number of nitrogens with zero attached hydrogens (tertiary/aromatic N) is 1. The highest BCUT2D eigenvalue weighted by Gasteiger charge is 2.59. The maximum atomic E-state index is 10.8. The van der Waals surface area contributed by atoms with Gasteiger partial charge in [0, 0.05) is 12.0 Å². The number of allylic oxidation sites excluding steroid dienone is 2. The van der Waals surface area contributed by atoms with Crippen LogP contribution in [0.25, 0.3) is 0 Å². The molecule has 0 radical (unpaired) electrons. The zero-order chi connectivity index (χ0) is 9.35. The number of rotatable bonds is 2. The molecule has 0 saturated heterocycles. The van der Waals surface area contributed by atoms with Gasteiger partial charge in [-0.05, 0) is 22.9 Å². The Labute approximate surface area is 76.8 Å². The first-order valence-corrected chi connectivity index (χ1v) is 4.15. The van der Waals surface area contributed by atoms with Crippen molar-refractivity contribution in [2.75, 3.05) is 0 Å². The molecular weight excluding hydrogens is 174 g/mol. The van der Waals surface area contributed by atoms with Crippen LogP contribution in [-0.4, -0.2) is 5.24 Å². The van der Waals surface area contributed by atoms with Crippen LogP contribution in [-0.2, 0) is 4.79 Å². The predicted octanol–water partition coefficient (Wildman–Crippen LogP) is 2.10. The average Bonchev–Trinajstić information content (AvgIpc) is 2.49. The van der Waals surface area contributed by atoms with E-state index in [2.05, 4.69) is 0 Å². The van der Waals surface area contributed by atoms with Crippen molar-refractivity contribution in [2.45, 2.75) is 13.8 Å². The Balaban J connectivity index is 2.68. The topological polar surface area (TPSA) is 40.9 Å². The Morgan fingerprint density at radius 3 is 2.58 bits per heavy atom. The lowest BCUT2D eigenvalue weighted by Gasteiger charge is -1.95.